The third-order valence-corrected chi connectivity index (χ3v) is 3.23. The van der Waals surface area contributed by atoms with E-state index in [2.05, 4.69) is 12.1 Å². The first kappa shape index (κ1) is 9.59. The normalized spacial score (nSPS) is 14.9. The summed E-state index contributed by atoms with van der Waals surface area (Å²) in [7, 11) is 0. The largest absolute Gasteiger partial charge is 0.360 e. The van der Waals surface area contributed by atoms with Crippen molar-refractivity contribution in [3.05, 3.63) is 29.3 Å². The van der Waals surface area contributed by atoms with Crippen molar-refractivity contribution < 1.29 is 4.79 Å². The zero-order valence-corrected chi connectivity index (χ0v) is 8.77. The fraction of sp³-hybridized carbons (Fsp3) is 0.364. The molecule has 0 heterocycles. The van der Waals surface area contributed by atoms with Crippen molar-refractivity contribution in [2.45, 2.75) is 30.6 Å². The lowest BCUT2D eigenvalue weighted by atomic mass is 9.92. The van der Waals surface area contributed by atoms with E-state index in [4.69, 9.17) is 5.73 Å². The molecule has 0 unspecified atom stereocenters. The van der Waals surface area contributed by atoms with Crippen LogP contribution < -0.4 is 5.73 Å². The van der Waals surface area contributed by atoms with E-state index in [-0.39, 0.29) is 5.24 Å². The van der Waals surface area contributed by atoms with Crippen molar-refractivity contribution in [3.8, 4) is 0 Å². The number of fused-ring (bicyclic) bond motifs is 1. The van der Waals surface area contributed by atoms with Gasteiger partial charge in [-0.1, -0.05) is 6.07 Å². The number of nitrogens with two attached hydrogens (primary N) is 1. The first-order chi connectivity index (χ1) is 6.75. The van der Waals surface area contributed by atoms with E-state index in [9.17, 15) is 4.79 Å². The SMILES string of the molecule is NC(=O)Sc1ccc2c(c1)CCCC2. The molecule has 2 nitrogen and oxygen atoms in total. The van der Waals surface area contributed by atoms with Gasteiger partial charge >= 0.3 is 0 Å². The molecule has 1 aliphatic rings. The monoisotopic (exact) mass is 207 g/mol. The molecule has 0 fully saturated rings. The third-order valence-electron chi connectivity index (χ3n) is 2.54. The number of hydrogen-bond acceptors (Lipinski definition) is 2. The van der Waals surface area contributed by atoms with Gasteiger partial charge in [0.05, 0.1) is 0 Å². The second-order valence-corrected chi connectivity index (χ2v) is 4.64. The molecule has 0 bridgehead atoms. The Morgan fingerprint density at radius 1 is 1.21 bits per heavy atom. The Morgan fingerprint density at radius 3 is 2.64 bits per heavy atom. The van der Waals surface area contributed by atoms with E-state index >= 15 is 0 Å². The number of carbonyl (C=O) groups excluding carboxylic acids is 1. The molecule has 0 radical (unpaired) electrons. The fourth-order valence-corrected chi connectivity index (χ4v) is 2.46. The number of thioether (sulfide) groups is 1. The van der Waals surface area contributed by atoms with Crippen LogP contribution in [0.3, 0.4) is 0 Å². The van der Waals surface area contributed by atoms with Crippen LogP contribution in [0.4, 0.5) is 4.79 Å². The zero-order valence-electron chi connectivity index (χ0n) is 7.95. The van der Waals surface area contributed by atoms with Crippen molar-refractivity contribution in [2.75, 3.05) is 0 Å². The van der Waals surface area contributed by atoms with E-state index in [1.54, 1.807) is 0 Å². The van der Waals surface area contributed by atoms with Crippen LogP contribution >= 0.6 is 11.8 Å². The molecule has 1 aromatic rings. The van der Waals surface area contributed by atoms with Gasteiger partial charge in [0.15, 0.2) is 0 Å². The minimum atomic E-state index is -0.333. The van der Waals surface area contributed by atoms with E-state index < -0.39 is 0 Å². The Labute approximate surface area is 87.9 Å². The smallest absolute Gasteiger partial charge is 0.281 e. The molecule has 14 heavy (non-hydrogen) atoms. The van der Waals surface area contributed by atoms with Crippen LogP contribution in [0, 0.1) is 0 Å². The van der Waals surface area contributed by atoms with Gasteiger partial charge in [-0.05, 0) is 60.7 Å². The van der Waals surface area contributed by atoms with Gasteiger partial charge in [-0.3, -0.25) is 4.79 Å². The van der Waals surface area contributed by atoms with E-state index in [0.717, 1.165) is 23.1 Å². The molecule has 0 saturated heterocycles. The van der Waals surface area contributed by atoms with Gasteiger partial charge in [-0.25, -0.2) is 0 Å². The van der Waals surface area contributed by atoms with Crippen molar-refractivity contribution in [1.29, 1.82) is 0 Å². The first-order valence-corrected chi connectivity index (χ1v) is 5.66. The predicted molar refractivity (Wildman–Crippen MR) is 58.5 cm³/mol. The average Bonchev–Trinajstić information content (AvgIpc) is 2.17. The highest BCUT2D eigenvalue weighted by Crippen LogP contribution is 2.26. The Morgan fingerprint density at radius 2 is 1.93 bits per heavy atom. The molecule has 3 heteroatoms. The van der Waals surface area contributed by atoms with E-state index in [1.807, 2.05) is 6.07 Å². The molecule has 2 N–H and O–H groups in total. The standard InChI is InChI=1S/C11H13NOS/c12-11(13)14-10-6-5-8-3-1-2-4-9(8)7-10/h5-7H,1-4H2,(H2,12,13). The highest BCUT2D eigenvalue weighted by Gasteiger charge is 2.10. The summed E-state index contributed by atoms with van der Waals surface area (Å²) in [5.74, 6) is 0. The molecule has 0 saturated carbocycles. The first-order valence-electron chi connectivity index (χ1n) is 4.85. The molecule has 74 valence electrons. The summed E-state index contributed by atoms with van der Waals surface area (Å²) in [6.45, 7) is 0. The fourth-order valence-electron chi connectivity index (χ4n) is 1.89. The molecule has 1 amide bonds. The molecule has 1 aromatic carbocycles. The van der Waals surface area contributed by atoms with E-state index in [1.165, 1.54) is 30.4 Å². The van der Waals surface area contributed by atoms with Crippen LogP contribution in [0.25, 0.3) is 0 Å². The number of carbonyl (C=O) groups is 1. The Bertz CT molecular complexity index is 362. The van der Waals surface area contributed by atoms with Crippen molar-refractivity contribution >= 4 is 17.0 Å². The number of rotatable bonds is 1. The number of primary amides is 1. The quantitative estimate of drug-likeness (QED) is 0.719. The van der Waals surface area contributed by atoms with Crippen LogP contribution in [0.15, 0.2) is 23.1 Å². The van der Waals surface area contributed by atoms with Crippen molar-refractivity contribution in [1.82, 2.24) is 0 Å². The highest BCUT2D eigenvalue weighted by molar-refractivity contribution is 8.13. The lowest BCUT2D eigenvalue weighted by Crippen LogP contribution is -2.04. The highest BCUT2D eigenvalue weighted by atomic mass is 32.2. The maximum atomic E-state index is 10.7. The number of hydrogen-bond donors (Lipinski definition) is 1. The van der Waals surface area contributed by atoms with Gasteiger partial charge in [0.25, 0.3) is 5.24 Å². The van der Waals surface area contributed by atoms with Crippen LogP contribution in [-0.2, 0) is 12.8 Å². The van der Waals surface area contributed by atoms with Gasteiger partial charge in [-0.15, -0.1) is 0 Å². The summed E-state index contributed by atoms with van der Waals surface area (Å²) in [6.07, 6.45) is 4.87. The van der Waals surface area contributed by atoms with E-state index in [0.29, 0.717) is 0 Å². The Kier molecular flexibility index (Phi) is 2.77. The molecule has 0 atom stereocenters. The minimum Gasteiger partial charge on any atom is -0.360 e. The summed E-state index contributed by atoms with van der Waals surface area (Å²) >= 11 is 1.11. The zero-order chi connectivity index (χ0) is 9.97. The lowest BCUT2D eigenvalue weighted by Gasteiger charge is -2.15. The third kappa shape index (κ3) is 2.10. The van der Waals surface area contributed by atoms with Gasteiger partial charge in [0.1, 0.15) is 0 Å². The van der Waals surface area contributed by atoms with Crippen LogP contribution in [0.2, 0.25) is 0 Å². The molecule has 0 aromatic heterocycles. The Balaban J connectivity index is 2.24. The van der Waals surface area contributed by atoms with Crippen molar-refractivity contribution in [3.63, 3.8) is 0 Å². The number of aryl methyl sites for hydroxylation is 2. The Hall–Kier alpha value is -0.960. The number of benzene rings is 1. The average molecular weight is 207 g/mol. The van der Waals surface area contributed by atoms with Crippen molar-refractivity contribution in [2.24, 2.45) is 5.73 Å². The molecule has 2 rings (SSSR count). The molecular formula is C11H13NOS. The van der Waals surface area contributed by atoms with Crippen LogP contribution in [-0.4, -0.2) is 5.24 Å². The van der Waals surface area contributed by atoms with Gasteiger partial charge < -0.3 is 5.73 Å². The summed E-state index contributed by atoms with van der Waals surface area (Å²) in [5, 5.41) is -0.333. The van der Waals surface area contributed by atoms with Gasteiger partial charge in [0, 0.05) is 4.90 Å². The van der Waals surface area contributed by atoms with Gasteiger partial charge in [0.2, 0.25) is 0 Å². The molecular weight excluding hydrogens is 194 g/mol. The number of amides is 1. The van der Waals surface area contributed by atoms with Crippen LogP contribution in [0.1, 0.15) is 24.0 Å². The lowest BCUT2D eigenvalue weighted by molar-refractivity contribution is 0.267. The predicted octanol–water partition coefficient (Wildman–Crippen LogP) is 2.74. The summed E-state index contributed by atoms with van der Waals surface area (Å²) in [5.41, 5.74) is 7.95. The summed E-state index contributed by atoms with van der Waals surface area (Å²) < 4.78 is 0. The van der Waals surface area contributed by atoms with Gasteiger partial charge in [-0.2, -0.15) is 0 Å². The summed E-state index contributed by atoms with van der Waals surface area (Å²) in [4.78, 5) is 11.7. The molecule has 0 spiro atoms. The maximum Gasteiger partial charge on any atom is 0.281 e. The van der Waals surface area contributed by atoms with Crippen LogP contribution in [0.5, 0.6) is 0 Å². The minimum absolute atomic E-state index is 0.333. The maximum absolute atomic E-state index is 10.7. The molecule has 0 aliphatic heterocycles. The second-order valence-electron chi connectivity index (χ2n) is 3.56. The topological polar surface area (TPSA) is 43.1 Å². The summed E-state index contributed by atoms with van der Waals surface area (Å²) in [6, 6.07) is 6.21. The molecule has 1 aliphatic carbocycles. The second kappa shape index (κ2) is 4.05.